The van der Waals surface area contributed by atoms with Crippen LogP contribution < -0.4 is 5.32 Å². The maximum Gasteiger partial charge on any atom is 0.408 e. The Morgan fingerprint density at radius 1 is 1.29 bits per heavy atom. The van der Waals surface area contributed by atoms with E-state index in [1.54, 1.807) is 20.8 Å². The number of carboxylic acid groups (broad SMARTS) is 1. The minimum atomic E-state index is -1.31. The largest absolute Gasteiger partial charge is 0.480 e. The summed E-state index contributed by atoms with van der Waals surface area (Å²) in [6.45, 7) is 6.73. The van der Waals surface area contributed by atoms with Crippen LogP contribution in [0, 0.1) is 0 Å². The van der Waals surface area contributed by atoms with Crippen molar-refractivity contribution in [1.29, 1.82) is 0 Å². The lowest BCUT2D eigenvalue weighted by atomic mass is 10.2. The number of morpholine rings is 1. The predicted molar refractivity (Wildman–Crippen MR) is 72.8 cm³/mol. The second-order valence-corrected chi connectivity index (χ2v) is 5.73. The standard InChI is InChI=1S/C13H22N2O6/c1-13(2,3)21-12(19)14-9(11(17)18)8-10(16)15-4-6-20-7-5-15/h9H,4-8H2,1-3H3,(H,14,19)(H,17,18)/t9-/m0/s1. The lowest BCUT2D eigenvalue weighted by Gasteiger charge is -2.28. The molecule has 21 heavy (non-hydrogen) atoms. The number of carbonyl (C=O) groups excluding carboxylic acids is 2. The highest BCUT2D eigenvalue weighted by atomic mass is 16.6. The molecule has 120 valence electrons. The molecule has 8 nitrogen and oxygen atoms in total. The van der Waals surface area contributed by atoms with Gasteiger partial charge in [0.05, 0.1) is 19.6 Å². The summed E-state index contributed by atoms with van der Waals surface area (Å²) in [6.07, 6.45) is -1.17. The fraction of sp³-hybridized carbons (Fsp3) is 0.769. The second kappa shape index (κ2) is 7.26. The summed E-state index contributed by atoms with van der Waals surface area (Å²) in [7, 11) is 0. The molecule has 1 heterocycles. The topological polar surface area (TPSA) is 105 Å². The zero-order valence-electron chi connectivity index (χ0n) is 12.5. The summed E-state index contributed by atoms with van der Waals surface area (Å²) < 4.78 is 10.1. The summed E-state index contributed by atoms with van der Waals surface area (Å²) in [5.41, 5.74) is -0.735. The molecule has 2 amide bonds. The third-order valence-electron chi connectivity index (χ3n) is 2.73. The molecule has 0 bridgehead atoms. The Balaban J connectivity index is 2.55. The van der Waals surface area contributed by atoms with E-state index in [0.717, 1.165) is 0 Å². The number of amides is 2. The van der Waals surface area contributed by atoms with E-state index >= 15 is 0 Å². The minimum absolute atomic E-state index is 0.311. The van der Waals surface area contributed by atoms with E-state index in [9.17, 15) is 14.4 Å². The van der Waals surface area contributed by atoms with Crippen LogP contribution in [0.1, 0.15) is 27.2 Å². The van der Waals surface area contributed by atoms with Gasteiger partial charge in [-0.05, 0) is 20.8 Å². The number of aliphatic carboxylic acids is 1. The van der Waals surface area contributed by atoms with E-state index in [1.165, 1.54) is 4.90 Å². The van der Waals surface area contributed by atoms with Gasteiger partial charge in [0.25, 0.3) is 0 Å². The summed E-state index contributed by atoms with van der Waals surface area (Å²) in [6, 6.07) is -1.31. The average Bonchev–Trinajstić information content (AvgIpc) is 2.36. The van der Waals surface area contributed by atoms with E-state index in [0.29, 0.717) is 26.3 Å². The molecule has 0 aromatic heterocycles. The molecule has 0 unspecified atom stereocenters. The van der Waals surface area contributed by atoms with E-state index in [1.807, 2.05) is 0 Å². The Hall–Kier alpha value is -1.83. The first-order chi connectivity index (χ1) is 9.69. The van der Waals surface area contributed by atoms with Gasteiger partial charge in [-0.15, -0.1) is 0 Å². The average molecular weight is 302 g/mol. The van der Waals surface area contributed by atoms with Crippen LogP contribution in [0.3, 0.4) is 0 Å². The highest BCUT2D eigenvalue weighted by Crippen LogP contribution is 2.08. The van der Waals surface area contributed by atoms with Crippen LogP contribution >= 0.6 is 0 Å². The lowest BCUT2D eigenvalue weighted by molar-refractivity contribution is -0.144. The number of hydrogen-bond acceptors (Lipinski definition) is 5. The van der Waals surface area contributed by atoms with E-state index in [4.69, 9.17) is 14.6 Å². The van der Waals surface area contributed by atoms with Crippen LogP contribution in [0.2, 0.25) is 0 Å². The molecule has 1 fully saturated rings. The Morgan fingerprint density at radius 3 is 2.33 bits per heavy atom. The Kier molecular flexibility index (Phi) is 5.95. The van der Waals surface area contributed by atoms with Crippen LogP contribution in [0.15, 0.2) is 0 Å². The molecular formula is C13H22N2O6. The number of ether oxygens (including phenoxy) is 2. The Morgan fingerprint density at radius 2 is 1.86 bits per heavy atom. The molecule has 8 heteroatoms. The van der Waals surface area contributed by atoms with Crippen molar-refractivity contribution in [2.24, 2.45) is 0 Å². The fourth-order valence-corrected chi connectivity index (χ4v) is 1.77. The zero-order valence-corrected chi connectivity index (χ0v) is 12.5. The number of carboxylic acids is 1. The fourth-order valence-electron chi connectivity index (χ4n) is 1.77. The minimum Gasteiger partial charge on any atom is -0.480 e. The number of nitrogens with zero attached hydrogens (tertiary/aromatic N) is 1. The van der Waals surface area contributed by atoms with Gasteiger partial charge in [0.1, 0.15) is 11.6 Å². The first kappa shape index (κ1) is 17.2. The molecule has 1 aliphatic rings. The number of nitrogens with one attached hydrogen (secondary N) is 1. The zero-order chi connectivity index (χ0) is 16.0. The molecule has 0 spiro atoms. The molecule has 1 saturated heterocycles. The van der Waals surface area contributed by atoms with Gasteiger partial charge >= 0.3 is 12.1 Å². The van der Waals surface area contributed by atoms with Gasteiger partial charge < -0.3 is 24.8 Å². The molecule has 0 aromatic rings. The van der Waals surface area contributed by atoms with Gasteiger partial charge in [0, 0.05) is 13.1 Å². The molecule has 2 N–H and O–H groups in total. The number of hydrogen-bond donors (Lipinski definition) is 2. The SMILES string of the molecule is CC(C)(C)OC(=O)N[C@@H](CC(=O)N1CCOCC1)C(=O)O. The van der Waals surface area contributed by atoms with Crippen molar-refractivity contribution >= 4 is 18.0 Å². The van der Waals surface area contributed by atoms with Gasteiger partial charge in [-0.1, -0.05) is 0 Å². The van der Waals surface area contributed by atoms with E-state index in [-0.39, 0.29) is 12.3 Å². The van der Waals surface area contributed by atoms with Gasteiger partial charge in [-0.3, -0.25) is 4.79 Å². The van der Waals surface area contributed by atoms with Gasteiger partial charge in [0.15, 0.2) is 0 Å². The van der Waals surface area contributed by atoms with Crippen molar-refractivity contribution in [1.82, 2.24) is 10.2 Å². The summed E-state index contributed by atoms with van der Waals surface area (Å²) in [4.78, 5) is 36.3. The van der Waals surface area contributed by atoms with Crippen LogP contribution in [0.4, 0.5) is 4.79 Å². The van der Waals surface area contributed by atoms with E-state index in [2.05, 4.69) is 5.32 Å². The molecule has 1 rings (SSSR count). The highest BCUT2D eigenvalue weighted by molar-refractivity contribution is 5.87. The van der Waals surface area contributed by atoms with Gasteiger partial charge in [0.2, 0.25) is 5.91 Å². The monoisotopic (exact) mass is 302 g/mol. The number of carbonyl (C=O) groups is 3. The summed E-state index contributed by atoms with van der Waals surface area (Å²) >= 11 is 0. The van der Waals surface area contributed by atoms with Crippen molar-refractivity contribution in [2.45, 2.75) is 38.8 Å². The van der Waals surface area contributed by atoms with Crippen molar-refractivity contribution in [3.8, 4) is 0 Å². The van der Waals surface area contributed by atoms with Gasteiger partial charge in [-0.25, -0.2) is 9.59 Å². The third kappa shape index (κ3) is 6.44. The van der Waals surface area contributed by atoms with Crippen molar-refractivity contribution in [3.63, 3.8) is 0 Å². The first-order valence-corrected chi connectivity index (χ1v) is 6.77. The third-order valence-corrected chi connectivity index (χ3v) is 2.73. The van der Waals surface area contributed by atoms with E-state index < -0.39 is 23.7 Å². The molecule has 0 aromatic carbocycles. The van der Waals surface area contributed by atoms with Crippen LogP contribution in [-0.4, -0.2) is 65.9 Å². The maximum atomic E-state index is 12.0. The smallest absolute Gasteiger partial charge is 0.408 e. The summed E-state index contributed by atoms with van der Waals surface area (Å²) in [5, 5.41) is 11.3. The van der Waals surface area contributed by atoms with Crippen molar-refractivity contribution in [2.75, 3.05) is 26.3 Å². The Bertz CT molecular complexity index is 398. The maximum absolute atomic E-state index is 12.0. The van der Waals surface area contributed by atoms with Crippen LogP contribution in [0.5, 0.6) is 0 Å². The quantitative estimate of drug-likeness (QED) is 0.769. The first-order valence-electron chi connectivity index (χ1n) is 6.77. The van der Waals surface area contributed by atoms with Crippen LogP contribution in [-0.2, 0) is 19.1 Å². The molecule has 0 radical (unpaired) electrons. The van der Waals surface area contributed by atoms with Gasteiger partial charge in [-0.2, -0.15) is 0 Å². The van der Waals surface area contributed by atoms with Crippen molar-refractivity contribution in [3.05, 3.63) is 0 Å². The van der Waals surface area contributed by atoms with Crippen LogP contribution in [0.25, 0.3) is 0 Å². The molecule has 1 atom stereocenters. The molecule has 1 aliphatic heterocycles. The highest BCUT2D eigenvalue weighted by Gasteiger charge is 2.28. The van der Waals surface area contributed by atoms with Crippen molar-refractivity contribution < 1.29 is 29.0 Å². The number of rotatable bonds is 4. The molecule has 0 saturated carbocycles. The number of alkyl carbamates (subject to hydrolysis) is 1. The lowest BCUT2D eigenvalue weighted by Crippen LogP contribution is -2.48. The Labute approximate surface area is 123 Å². The normalized spacial score (nSPS) is 17.0. The predicted octanol–water partition coefficient (Wildman–Crippen LogP) is 0.213. The molecular weight excluding hydrogens is 280 g/mol. The second-order valence-electron chi connectivity index (χ2n) is 5.73. The summed E-state index contributed by atoms with van der Waals surface area (Å²) in [5.74, 6) is -1.61. The molecule has 0 aliphatic carbocycles.